The Kier molecular flexibility index (Phi) is 5.91. The third-order valence-corrected chi connectivity index (χ3v) is 4.24. The van der Waals surface area contributed by atoms with Crippen LogP contribution in [0.5, 0.6) is 0 Å². The van der Waals surface area contributed by atoms with E-state index in [2.05, 4.69) is 15.5 Å². The Morgan fingerprint density at radius 2 is 2.12 bits per heavy atom. The van der Waals surface area contributed by atoms with Crippen molar-refractivity contribution in [3.8, 4) is 11.5 Å². The lowest BCUT2D eigenvalue weighted by Gasteiger charge is -2.16. The maximum Gasteiger partial charge on any atom is 0.277 e. The van der Waals surface area contributed by atoms with Crippen LogP contribution >= 0.6 is 11.8 Å². The number of nitrogens with zero attached hydrogens (tertiary/aromatic N) is 3. The predicted octanol–water partition coefficient (Wildman–Crippen LogP) is 2.90. The summed E-state index contributed by atoms with van der Waals surface area (Å²) in [4.78, 5) is 22.1. The molecule has 1 atom stereocenters. The standard InChI is InChI=1S/C15H18N4O4S/c1-9(2)10(3)16-13(20)8-24-15-18-17-14(23-15)11-5-4-6-12(7-11)19(21)22/h4-7,9-10H,8H2,1-3H3,(H,16,20)/t10-/m0/s1. The number of rotatable bonds is 7. The van der Waals surface area contributed by atoms with E-state index in [1.165, 1.54) is 12.1 Å². The number of hydrogen-bond donors (Lipinski definition) is 1. The first-order chi connectivity index (χ1) is 11.4. The molecule has 0 fully saturated rings. The largest absolute Gasteiger partial charge is 0.411 e. The van der Waals surface area contributed by atoms with Crippen molar-refractivity contribution in [3.05, 3.63) is 34.4 Å². The van der Waals surface area contributed by atoms with E-state index in [4.69, 9.17) is 4.42 Å². The molecule has 0 spiro atoms. The number of carbonyl (C=O) groups is 1. The molecule has 0 aliphatic carbocycles. The molecular formula is C15H18N4O4S. The van der Waals surface area contributed by atoms with Crippen LogP contribution in [-0.2, 0) is 4.79 Å². The molecule has 1 aromatic heterocycles. The number of nitro benzene ring substituents is 1. The van der Waals surface area contributed by atoms with E-state index in [0.29, 0.717) is 11.5 Å². The number of aromatic nitrogens is 2. The van der Waals surface area contributed by atoms with Gasteiger partial charge < -0.3 is 9.73 Å². The lowest BCUT2D eigenvalue weighted by Crippen LogP contribution is -2.37. The molecule has 1 N–H and O–H groups in total. The Hall–Kier alpha value is -2.42. The monoisotopic (exact) mass is 350 g/mol. The fourth-order valence-electron chi connectivity index (χ4n) is 1.73. The summed E-state index contributed by atoms with van der Waals surface area (Å²) in [5.74, 6) is 0.574. The molecule has 2 rings (SSSR count). The summed E-state index contributed by atoms with van der Waals surface area (Å²) < 4.78 is 5.45. The quantitative estimate of drug-likeness (QED) is 0.464. The molecule has 0 unspecified atom stereocenters. The summed E-state index contributed by atoms with van der Waals surface area (Å²) >= 11 is 1.12. The second kappa shape index (κ2) is 7.91. The zero-order valence-electron chi connectivity index (χ0n) is 13.6. The fraction of sp³-hybridized carbons (Fsp3) is 0.400. The first kappa shape index (κ1) is 17.9. The van der Waals surface area contributed by atoms with Crippen LogP contribution in [0.25, 0.3) is 11.5 Å². The van der Waals surface area contributed by atoms with Crippen LogP contribution in [0, 0.1) is 16.0 Å². The van der Waals surface area contributed by atoms with Crippen molar-refractivity contribution in [2.75, 3.05) is 5.75 Å². The van der Waals surface area contributed by atoms with E-state index in [1.54, 1.807) is 12.1 Å². The Morgan fingerprint density at radius 3 is 2.79 bits per heavy atom. The van der Waals surface area contributed by atoms with Crippen molar-refractivity contribution in [1.29, 1.82) is 0 Å². The van der Waals surface area contributed by atoms with Crippen LogP contribution in [0.1, 0.15) is 20.8 Å². The average molecular weight is 350 g/mol. The van der Waals surface area contributed by atoms with Crippen LogP contribution < -0.4 is 5.32 Å². The number of nitro groups is 1. The summed E-state index contributed by atoms with van der Waals surface area (Å²) in [6.07, 6.45) is 0. The molecule has 1 aromatic carbocycles. The number of benzene rings is 1. The smallest absolute Gasteiger partial charge is 0.277 e. The maximum atomic E-state index is 11.8. The molecule has 0 saturated carbocycles. The van der Waals surface area contributed by atoms with Gasteiger partial charge in [0.05, 0.1) is 10.7 Å². The third kappa shape index (κ3) is 4.79. The van der Waals surface area contributed by atoms with Crippen LogP contribution in [-0.4, -0.2) is 32.8 Å². The van der Waals surface area contributed by atoms with Gasteiger partial charge in [0, 0.05) is 23.7 Å². The Labute approximate surface area is 143 Å². The van der Waals surface area contributed by atoms with Gasteiger partial charge >= 0.3 is 0 Å². The highest BCUT2D eigenvalue weighted by atomic mass is 32.2. The second-order valence-corrected chi connectivity index (χ2v) is 6.50. The van der Waals surface area contributed by atoms with Crippen molar-refractivity contribution < 1.29 is 14.1 Å². The van der Waals surface area contributed by atoms with Gasteiger partial charge in [-0.1, -0.05) is 31.7 Å². The van der Waals surface area contributed by atoms with Crippen LogP contribution in [0.4, 0.5) is 5.69 Å². The molecule has 0 aliphatic heterocycles. The SMILES string of the molecule is CC(C)[C@H](C)NC(=O)CSc1nnc(-c2cccc([N+](=O)[O-])c2)o1. The van der Waals surface area contributed by atoms with Crippen molar-refractivity contribution in [1.82, 2.24) is 15.5 Å². The summed E-state index contributed by atoms with van der Waals surface area (Å²) in [7, 11) is 0. The minimum absolute atomic E-state index is 0.0537. The van der Waals surface area contributed by atoms with E-state index in [9.17, 15) is 14.9 Å². The predicted molar refractivity (Wildman–Crippen MR) is 89.6 cm³/mol. The van der Waals surface area contributed by atoms with Crippen LogP contribution in [0.15, 0.2) is 33.9 Å². The number of non-ortho nitro benzene ring substituents is 1. The van der Waals surface area contributed by atoms with Gasteiger partial charge in [-0.3, -0.25) is 14.9 Å². The van der Waals surface area contributed by atoms with Gasteiger partial charge in [-0.05, 0) is 18.9 Å². The van der Waals surface area contributed by atoms with Crippen molar-refractivity contribution >= 4 is 23.4 Å². The van der Waals surface area contributed by atoms with E-state index in [1.807, 2.05) is 20.8 Å². The first-order valence-electron chi connectivity index (χ1n) is 7.37. The molecule has 2 aromatic rings. The molecule has 0 aliphatic rings. The first-order valence-corrected chi connectivity index (χ1v) is 8.36. The highest BCUT2D eigenvalue weighted by Crippen LogP contribution is 2.25. The van der Waals surface area contributed by atoms with Crippen molar-refractivity contribution in [2.24, 2.45) is 5.92 Å². The highest BCUT2D eigenvalue weighted by molar-refractivity contribution is 7.99. The lowest BCUT2D eigenvalue weighted by molar-refractivity contribution is -0.384. The molecule has 9 heteroatoms. The molecule has 1 heterocycles. The van der Waals surface area contributed by atoms with Gasteiger partial charge in [-0.25, -0.2) is 0 Å². The molecular weight excluding hydrogens is 332 g/mol. The molecule has 0 bridgehead atoms. The molecule has 1 amide bonds. The highest BCUT2D eigenvalue weighted by Gasteiger charge is 2.15. The summed E-state index contributed by atoms with van der Waals surface area (Å²) in [6.45, 7) is 6.00. The van der Waals surface area contributed by atoms with E-state index in [-0.39, 0.29) is 34.5 Å². The summed E-state index contributed by atoms with van der Waals surface area (Å²) in [6, 6.07) is 6.02. The number of hydrogen-bond acceptors (Lipinski definition) is 7. The van der Waals surface area contributed by atoms with Crippen molar-refractivity contribution in [2.45, 2.75) is 32.0 Å². The third-order valence-electron chi connectivity index (χ3n) is 3.43. The van der Waals surface area contributed by atoms with Gasteiger partial charge in [0.1, 0.15) is 0 Å². The maximum absolute atomic E-state index is 11.8. The topological polar surface area (TPSA) is 111 Å². The Balaban J connectivity index is 1.97. The van der Waals surface area contributed by atoms with Crippen LogP contribution in [0.3, 0.4) is 0 Å². The van der Waals surface area contributed by atoms with E-state index in [0.717, 1.165) is 11.8 Å². The van der Waals surface area contributed by atoms with Gasteiger partial charge in [0.2, 0.25) is 11.8 Å². The van der Waals surface area contributed by atoms with Gasteiger partial charge in [-0.15, -0.1) is 10.2 Å². The zero-order chi connectivity index (χ0) is 17.7. The number of nitrogens with one attached hydrogen (secondary N) is 1. The Bertz CT molecular complexity index is 732. The van der Waals surface area contributed by atoms with E-state index >= 15 is 0 Å². The summed E-state index contributed by atoms with van der Waals surface area (Å²) in [5.41, 5.74) is 0.406. The number of amides is 1. The Morgan fingerprint density at radius 1 is 1.38 bits per heavy atom. The van der Waals surface area contributed by atoms with Crippen molar-refractivity contribution in [3.63, 3.8) is 0 Å². The average Bonchev–Trinajstić information content (AvgIpc) is 3.02. The minimum atomic E-state index is -0.490. The molecule has 8 nitrogen and oxygen atoms in total. The fourth-order valence-corrected chi connectivity index (χ4v) is 2.30. The van der Waals surface area contributed by atoms with E-state index < -0.39 is 4.92 Å². The molecule has 24 heavy (non-hydrogen) atoms. The summed E-state index contributed by atoms with van der Waals surface area (Å²) in [5, 5.41) is 21.6. The number of thioether (sulfide) groups is 1. The van der Waals surface area contributed by atoms with Gasteiger partial charge in [0.15, 0.2) is 0 Å². The molecule has 0 saturated heterocycles. The molecule has 0 radical (unpaired) electrons. The minimum Gasteiger partial charge on any atom is -0.411 e. The lowest BCUT2D eigenvalue weighted by atomic mass is 10.1. The zero-order valence-corrected chi connectivity index (χ0v) is 14.4. The van der Waals surface area contributed by atoms with Gasteiger partial charge in [0.25, 0.3) is 10.9 Å². The van der Waals surface area contributed by atoms with Crippen LogP contribution in [0.2, 0.25) is 0 Å². The normalized spacial score (nSPS) is 12.2. The van der Waals surface area contributed by atoms with Gasteiger partial charge in [-0.2, -0.15) is 0 Å². The second-order valence-electron chi connectivity index (χ2n) is 5.57. The number of carbonyl (C=O) groups excluding carboxylic acids is 1. The molecule has 128 valence electrons.